The molecule has 90 valence electrons. The van der Waals surface area contributed by atoms with Crippen molar-refractivity contribution < 1.29 is 9.47 Å². The number of nitrogens with two attached hydrogens (primary N) is 2. The summed E-state index contributed by atoms with van der Waals surface area (Å²) in [7, 11) is 3.28. The van der Waals surface area contributed by atoms with E-state index in [2.05, 4.69) is 0 Å². The van der Waals surface area contributed by atoms with Crippen molar-refractivity contribution in [3.05, 3.63) is 23.3 Å². The molecule has 1 unspecified atom stereocenters. The summed E-state index contributed by atoms with van der Waals surface area (Å²) in [5, 5.41) is 0. The topological polar surface area (TPSA) is 70.5 Å². The predicted octanol–water partition coefficient (Wildman–Crippen LogP) is 1.36. The maximum Gasteiger partial charge on any atom is 0.124 e. The van der Waals surface area contributed by atoms with Crippen molar-refractivity contribution in [3.8, 4) is 11.5 Å². The number of benzene rings is 1. The molecule has 1 aromatic carbocycles. The van der Waals surface area contributed by atoms with E-state index in [1.54, 1.807) is 14.2 Å². The molecule has 0 fully saturated rings. The molecule has 0 aromatic heterocycles. The molecule has 0 heterocycles. The zero-order valence-electron chi connectivity index (χ0n) is 10.1. The van der Waals surface area contributed by atoms with Crippen LogP contribution in [0.2, 0.25) is 0 Å². The summed E-state index contributed by atoms with van der Waals surface area (Å²) >= 11 is 0. The minimum Gasteiger partial charge on any atom is -0.496 e. The first-order chi connectivity index (χ1) is 7.63. The number of hydrogen-bond acceptors (Lipinski definition) is 4. The van der Waals surface area contributed by atoms with Gasteiger partial charge in [-0.25, -0.2) is 0 Å². The average molecular weight is 224 g/mol. The van der Waals surface area contributed by atoms with E-state index in [0.29, 0.717) is 6.54 Å². The molecular weight excluding hydrogens is 204 g/mol. The molecule has 0 spiro atoms. The normalized spacial score (nSPS) is 12.3. The van der Waals surface area contributed by atoms with Gasteiger partial charge in [0.2, 0.25) is 0 Å². The molecule has 0 aliphatic carbocycles. The summed E-state index contributed by atoms with van der Waals surface area (Å²) in [5.41, 5.74) is 13.5. The molecule has 1 aromatic rings. The maximum atomic E-state index is 6.04. The fourth-order valence-electron chi connectivity index (χ4n) is 1.70. The summed E-state index contributed by atoms with van der Waals surface area (Å²) in [6, 6.07) is 3.74. The van der Waals surface area contributed by atoms with Crippen molar-refractivity contribution in [2.24, 2.45) is 11.5 Å². The molecule has 4 N–H and O–H groups in total. The molecule has 0 saturated carbocycles. The first-order valence-corrected chi connectivity index (χ1v) is 5.32. The van der Waals surface area contributed by atoms with Crippen LogP contribution in [0.1, 0.15) is 23.6 Å². The predicted molar refractivity (Wildman–Crippen MR) is 64.9 cm³/mol. The minimum atomic E-state index is -0.116. The third-order valence-electron chi connectivity index (χ3n) is 2.62. The molecule has 0 amide bonds. The van der Waals surface area contributed by atoms with E-state index in [4.69, 9.17) is 20.9 Å². The first-order valence-electron chi connectivity index (χ1n) is 5.32. The van der Waals surface area contributed by atoms with Crippen molar-refractivity contribution in [1.82, 2.24) is 0 Å². The maximum absolute atomic E-state index is 6.04. The van der Waals surface area contributed by atoms with Gasteiger partial charge in [0.05, 0.1) is 14.2 Å². The van der Waals surface area contributed by atoms with Gasteiger partial charge in [-0.15, -0.1) is 0 Å². The number of hydrogen-bond donors (Lipinski definition) is 2. The minimum absolute atomic E-state index is 0.116. The Morgan fingerprint density at radius 1 is 1.19 bits per heavy atom. The van der Waals surface area contributed by atoms with Crippen molar-refractivity contribution in [2.75, 3.05) is 20.8 Å². The molecule has 4 nitrogen and oxygen atoms in total. The Morgan fingerprint density at radius 2 is 1.81 bits per heavy atom. The molecule has 1 atom stereocenters. The zero-order valence-corrected chi connectivity index (χ0v) is 10.1. The third-order valence-corrected chi connectivity index (χ3v) is 2.62. The van der Waals surface area contributed by atoms with Gasteiger partial charge < -0.3 is 20.9 Å². The van der Waals surface area contributed by atoms with E-state index in [0.717, 1.165) is 29.0 Å². The van der Waals surface area contributed by atoms with Gasteiger partial charge in [0, 0.05) is 11.6 Å². The molecule has 1 rings (SSSR count). The van der Waals surface area contributed by atoms with E-state index in [1.165, 1.54) is 0 Å². The van der Waals surface area contributed by atoms with E-state index in [-0.39, 0.29) is 6.04 Å². The molecular formula is C12H20N2O2. The lowest BCUT2D eigenvalue weighted by atomic mass is 10.0. The molecule has 0 bridgehead atoms. The highest BCUT2D eigenvalue weighted by Crippen LogP contribution is 2.32. The van der Waals surface area contributed by atoms with Crippen LogP contribution in [0, 0.1) is 6.92 Å². The Balaban J connectivity index is 3.13. The quantitative estimate of drug-likeness (QED) is 0.792. The van der Waals surface area contributed by atoms with Crippen LogP contribution in [0.4, 0.5) is 0 Å². The largest absolute Gasteiger partial charge is 0.496 e. The van der Waals surface area contributed by atoms with Gasteiger partial charge >= 0.3 is 0 Å². The Labute approximate surface area is 96.5 Å². The van der Waals surface area contributed by atoms with E-state index in [9.17, 15) is 0 Å². The van der Waals surface area contributed by atoms with Crippen molar-refractivity contribution in [2.45, 2.75) is 19.4 Å². The Hall–Kier alpha value is -1.26. The SMILES string of the molecule is COc1cc(C(N)CCN)c(OC)cc1C. The summed E-state index contributed by atoms with van der Waals surface area (Å²) in [5.74, 6) is 1.61. The number of ether oxygens (including phenoxy) is 2. The van der Waals surface area contributed by atoms with Gasteiger partial charge in [-0.05, 0) is 37.6 Å². The summed E-state index contributed by atoms with van der Waals surface area (Å²) in [4.78, 5) is 0. The van der Waals surface area contributed by atoms with Crippen molar-refractivity contribution in [1.29, 1.82) is 0 Å². The van der Waals surface area contributed by atoms with Crippen LogP contribution < -0.4 is 20.9 Å². The van der Waals surface area contributed by atoms with Crippen LogP contribution in [0.25, 0.3) is 0 Å². The number of methoxy groups -OCH3 is 2. The van der Waals surface area contributed by atoms with Gasteiger partial charge in [0.25, 0.3) is 0 Å². The van der Waals surface area contributed by atoms with Gasteiger partial charge in [-0.1, -0.05) is 0 Å². The van der Waals surface area contributed by atoms with Crippen molar-refractivity contribution in [3.63, 3.8) is 0 Å². The third kappa shape index (κ3) is 2.65. The standard InChI is InChI=1S/C12H20N2O2/c1-8-6-12(16-3)9(7-11(8)15-2)10(14)4-5-13/h6-7,10H,4-5,13-14H2,1-3H3. The highest BCUT2D eigenvalue weighted by molar-refractivity contribution is 5.47. The van der Waals surface area contributed by atoms with Gasteiger partial charge in [-0.3, -0.25) is 0 Å². The highest BCUT2D eigenvalue weighted by atomic mass is 16.5. The lowest BCUT2D eigenvalue weighted by Crippen LogP contribution is -2.16. The first kappa shape index (κ1) is 12.8. The van der Waals surface area contributed by atoms with Crippen LogP contribution >= 0.6 is 0 Å². The molecule has 16 heavy (non-hydrogen) atoms. The summed E-state index contributed by atoms with van der Waals surface area (Å²) in [6.07, 6.45) is 0.725. The van der Waals surface area contributed by atoms with E-state index < -0.39 is 0 Å². The second-order valence-electron chi connectivity index (χ2n) is 3.75. The Morgan fingerprint density at radius 3 is 2.31 bits per heavy atom. The molecule has 0 aliphatic rings. The van der Waals surface area contributed by atoms with E-state index >= 15 is 0 Å². The van der Waals surface area contributed by atoms with Gasteiger partial charge in [-0.2, -0.15) is 0 Å². The molecule has 4 heteroatoms. The molecule has 0 radical (unpaired) electrons. The van der Waals surface area contributed by atoms with Crippen LogP contribution in [0.3, 0.4) is 0 Å². The second kappa shape index (κ2) is 5.72. The Bertz CT molecular complexity index is 353. The average Bonchev–Trinajstić information content (AvgIpc) is 2.28. The second-order valence-corrected chi connectivity index (χ2v) is 3.75. The lowest BCUT2D eigenvalue weighted by molar-refractivity contribution is 0.392. The fourth-order valence-corrected chi connectivity index (χ4v) is 1.70. The molecule has 0 aliphatic heterocycles. The zero-order chi connectivity index (χ0) is 12.1. The number of aryl methyl sites for hydroxylation is 1. The van der Waals surface area contributed by atoms with Crippen LogP contribution in [0.5, 0.6) is 11.5 Å². The van der Waals surface area contributed by atoms with E-state index in [1.807, 2.05) is 19.1 Å². The smallest absolute Gasteiger partial charge is 0.124 e. The van der Waals surface area contributed by atoms with Crippen LogP contribution in [0.15, 0.2) is 12.1 Å². The summed E-state index contributed by atoms with van der Waals surface area (Å²) in [6.45, 7) is 2.53. The lowest BCUT2D eigenvalue weighted by Gasteiger charge is -2.17. The summed E-state index contributed by atoms with van der Waals surface area (Å²) < 4.78 is 10.6. The van der Waals surface area contributed by atoms with Gasteiger partial charge in [0.1, 0.15) is 11.5 Å². The Kier molecular flexibility index (Phi) is 4.58. The monoisotopic (exact) mass is 224 g/mol. The van der Waals surface area contributed by atoms with Crippen molar-refractivity contribution >= 4 is 0 Å². The fraction of sp³-hybridized carbons (Fsp3) is 0.500. The van der Waals surface area contributed by atoms with Crippen LogP contribution in [-0.2, 0) is 0 Å². The number of rotatable bonds is 5. The molecule has 0 saturated heterocycles. The highest BCUT2D eigenvalue weighted by Gasteiger charge is 2.14. The van der Waals surface area contributed by atoms with Gasteiger partial charge in [0.15, 0.2) is 0 Å². The van der Waals surface area contributed by atoms with Crippen LogP contribution in [-0.4, -0.2) is 20.8 Å².